The molecular weight excluding hydrogens is 314 g/mol. The third kappa shape index (κ3) is 4.55. The lowest BCUT2D eigenvalue weighted by molar-refractivity contribution is -0.135. The number of thioether (sulfide) groups is 1. The quantitative estimate of drug-likeness (QED) is 0.695. The van der Waals surface area contributed by atoms with Crippen molar-refractivity contribution >= 4 is 40.0 Å². The van der Waals surface area contributed by atoms with Gasteiger partial charge >= 0.3 is 0 Å². The topological polar surface area (TPSA) is 102 Å². The fourth-order valence-electron chi connectivity index (χ4n) is 1.88. The van der Waals surface area contributed by atoms with E-state index in [0.717, 1.165) is 9.47 Å². The van der Waals surface area contributed by atoms with E-state index in [4.69, 9.17) is 10.5 Å². The number of primary amides is 1. The number of carbonyl (C=O) groups excluding carboxylic acids is 2. The van der Waals surface area contributed by atoms with Crippen molar-refractivity contribution in [1.82, 2.24) is 15.1 Å². The smallest absolute Gasteiger partial charge is 0.248 e. The Morgan fingerprint density at radius 3 is 2.67 bits per heavy atom. The SMILES string of the molecule is COCC(=O)N1CCN(c2nnc(SCC(N)=O)s2)CC1. The summed E-state index contributed by atoms with van der Waals surface area (Å²) in [5.74, 6) is -0.164. The predicted molar refractivity (Wildman–Crippen MR) is 80.5 cm³/mol. The monoisotopic (exact) mass is 331 g/mol. The number of amides is 2. The van der Waals surface area contributed by atoms with Gasteiger partial charge in [0.15, 0.2) is 4.34 Å². The number of carbonyl (C=O) groups is 2. The highest BCUT2D eigenvalue weighted by molar-refractivity contribution is 8.01. The second-order valence-electron chi connectivity index (χ2n) is 4.41. The molecule has 21 heavy (non-hydrogen) atoms. The zero-order valence-corrected chi connectivity index (χ0v) is 13.3. The number of nitrogens with zero attached hydrogens (tertiary/aromatic N) is 4. The number of rotatable bonds is 6. The highest BCUT2D eigenvalue weighted by Crippen LogP contribution is 2.28. The maximum Gasteiger partial charge on any atom is 0.248 e. The summed E-state index contributed by atoms with van der Waals surface area (Å²) in [4.78, 5) is 26.3. The summed E-state index contributed by atoms with van der Waals surface area (Å²) >= 11 is 2.72. The molecule has 10 heteroatoms. The molecule has 1 aromatic heterocycles. The molecule has 1 aliphatic rings. The predicted octanol–water partition coefficient (Wildman–Crippen LogP) is -0.589. The van der Waals surface area contributed by atoms with Gasteiger partial charge in [-0.15, -0.1) is 10.2 Å². The van der Waals surface area contributed by atoms with Gasteiger partial charge in [-0.2, -0.15) is 0 Å². The highest BCUT2D eigenvalue weighted by Gasteiger charge is 2.23. The van der Waals surface area contributed by atoms with E-state index >= 15 is 0 Å². The van der Waals surface area contributed by atoms with Crippen LogP contribution in [0.1, 0.15) is 0 Å². The van der Waals surface area contributed by atoms with Gasteiger partial charge < -0.3 is 20.3 Å². The maximum atomic E-state index is 11.7. The number of aromatic nitrogens is 2. The first-order valence-corrected chi connectivity index (χ1v) is 8.16. The summed E-state index contributed by atoms with van der Waals surface area (Å²) in [6, 6.07) is 0. The van der Waals surface area contributed by atoms with Gasteiger partial charge in [0.1, 0.15) is 6.61 Å². The molecule has 1 aliphatic heterocycles. The van der Waals surface area contributed by atoms with Crippen LogP contribution in [0.25, 0.3) is 0 Å². The van der Waals surface area contributed by atoms with E-state index in [9.17, 15) is 9.59 Å². The lowest BCUT2D eigenvalue weighted by Gasteiger charge is -2.34. The number of methoxy groups -OCH3 is 1. The number of nitrogens with two attached hydrogens (primary N) is 1. The van der Waals surface area contributed by atoms with Crippen molar-refractivity contribution in [3.8, 4) is 0 Å². The van der Waals surface area contributed by atoms with Gasteiger partial charge in [0.25, 0.3) is 0 Å². The lowest BCUT2D eigenvalue weighted by atomic mass is 10.3. The van der Waals surface area contributed by atoms with Crippen molar-refractivity contribution in [3.05, 3.63) is 0 Å². The van der Waals surface area contributed by atoms with Gasteiger partial charge in [0.05, 0.1) is 5.75 Å². The molecule has 8 nitrogen and oxygen atoms in total. The van der Waals surface area contributed by atoms with Crippen LogP contribution in [0, 0.1) is 0 Å². The number of anilines is 1. The largest absolute Gasteiger partial charge is 0.375 e. The fraction of sp³-hybridized carbons (Fsp3) is 0.636. The van der Waals surface area contributed by atoms with E-state index in [1.165, 1.54) is 30.2 Å². The van der Waals surface area contributed by atoms with Crippen molar-refractivity contribution < 1.29 is 14.3 Å². The molecule has 0 bridgehead atoms. The molecule has 0 radical (unpaired) electrons. The summed E-state index contributed by atoms with van der Waals surface area (Å²) in [6.07, 6.45) is 0. The molecule has 0 aliphatic carbocycles. The molecule has 2 N–H and O–H groups in total. The van der Waals surface area contributed by atoms with Crippen LogP contribution in [0.15, 0.2) is 4.34 Å². The molecule has 2 heterocycles. The first kappa shape index (κ1) is 16.0. The number of piperazine rings is 1. The van der Waals surface area contributed by atoms with Gasteiger partial charge in [-0.1, -0.05) is 23.1 Å². The van der Waals surface area contributed by atoms with E-state index in [-0.39, 0.29) is 24.2 Å². The second kappa shape index (κ2) is 7.57. The van der Waals surface area contributed by atoms with Gasteiger partial charge in [-0.05, 0) is 0 Å². The van der Waals surface area contributed by atoms with Crippen molar-refractivity contribution in [2.45, 2.75) is 4.34 Å². The Bertz CT molecular complexity index is 502. The average Bonchev–Trinajstić information content (AvgIpc) is 2.94. The lowest BCUT2D eigenvalue weighted by Crippen LogP contribution is -2.49. The van der Waals surface area contributed by atoms with Crippen LogP contribution >= 0.6 is 23.1 Å². The van der Waals surface area contributed by atoms with Crippen LogP contribution in [0.2, 0.25) is 0 Å². The molecule has 1 saturated heterocycles. The van der Waals surface area contributed by atoms with Crippen LogP contribution in [0.4, 0.5) is 5.13 Å². The van der Waals surface area contributed by atoms with Crippen LogP contribution in [-0.4, -0.2) is 72.6 Å². The third-order valence-corrected chi connectivity index (χ3v) is 5.04. The van der Waals surface area contributed by atoms with E-state index < -0.39 is 0 Å². The van der Waals surface area contributed by atoms with E-state index in [1.54, 1.807) is 4.90 Å². The molecule has 1 fully saturated rings. The highest BCUT2D eigenvalue weighted by atomic mass is 32.2. The minimum Gasteiger partial charge on any atom is -0.375 e. The average molecular weight is 331 g/mol. The van der Waals surface area contributed by atoms with Crippen LogP contribution in [0.5, 0.6) is 0 Å². The Balaban J connectivity index is 1.84. The van der Waals surface area contributed by atoms with E-state index in [1.807, 2.05) is 0 Å². The van der Waals surface area contributed by atoms with Gasteiger partial charge in [-0.3, -0.25) is 9.59 Å². The first-order chi connectivity index (χ1) is 10.1. The second-order valence-corrected chi connectivity index (χ2v) is 6.58. The van der Waals surface area contributed by atoms with E-state index in [0.29, 0.717) is 26.2 Å². The fourth-order valence-corrected chi connectivity index (χ4v) is 3.51. The Labute approximate surface area is 130 Å². The summed E-state index contributed by atoms with van der Waals surface area (Å²) in [7, 11) is 1.51. The third-order valence-electron chi connectivity index (χ3n) is 2.90. The summed E-state index contributed by atoms with van der Waals surface area (Å²) in [5.41, 5.74) is 5.10. The maximum absolute atomic E-state index is 11.7. The zero-order chi connectivity index (χ0) is 15.2. The van der Waals surface area contributed by atoms with Gasteiger partial charge in [-0.25, -0.2) is 0 Å². The van der Waals surface area contributed by atoms with Crippen LogP contribution in [-0.2, 0) is 14.3 Å². The van der Waals surface area contributed by atoms with Crippen molar-refractivity contribution in [1.29, 1.82) is 0 Å². The summed E-state index contributed by atoms with van der Waals surface area (Å²) < 4.78 is 5.58. The Hall–Kier alpha value is -1.39. The molecule has 0 unspecified atom stereocenters. The molecular formula is C11H17N5O3S2. The van der Waals surface area contributed by atoms with Gasteiger partial charge in [0.2, 0.25) is 16.9 Å². The van der Waals surface area contributed by atoms with Crippen molar-refractivity contribution in [2.75, 3.05) is 50.5 Å². The molecule has 2 rings (SSSR count). The standard InChI is InChI=1S/C11H17N5O3S2/c1-19-6-9(18)15-2-4-16(5-3-15)10-13-14-11(21-10)20-7-8(12)17/h2-7H2,1H3,(H2,12,17). The molecule has 0 spiro atoms. The molecule has 0 aromatic carbocycles. The minimum atomic E-state index is -0.373. The normalized spacial score (nSPS) is 15.3. The molecule has 0 saturated carbocycles. The van der Waals surface area contributed by atoms with Crippen molar-refractivity contribution in [2.24, 2.45) is 5.73 Å². The molecule has 2 amide bonds. The van der Waals surface area contributed by atoms with Crippen LogP contribution < -0.4 is 10.6 Å². The van der Waals surface area contributed by atoms with Gasteiger partial charge in [0, 0.05) is 33.3 Å². The first-order valence-electron chi connectivity index (χ1n) is 6.36. The molecule has 1 aromatic rings. The Morgan fingerprint density at radius 2 is 2.05 bits per heavy atom. The summed E-state index contributed by atoms with van der Waals surface area (Å²) in [6.45, 7) is 2.83. The number of ether oxygens (including phenoxy) is 1. The Kier molecular flexibility index (Phi) is 5.76. The molecule has 116 valence electrons. The number of hydrogen-bond donors (Lipinski definition) is 1. The zero-order valence-electron chi connectivity index (χ0n) is 11.7. The molecule has 0 atom stereocenters. The Morgan fingerprint density at radius 1 is 1.33 bits per heavy atom. The minimum absolute atomic E-state index is 0.00659. The van der Waals surface area contributed by atoms with Crippen molar-refractivity contribution in [3.63, 3.8) is 0 Å². The van der Waals surface area contributed by atoms with E-state index in [2.05, 4.69) is 15.1 Å². The summed E-state index contributed by atoms with van der Waals surface area (Å²) in [5, 5.41) is 8.95. The number of hydrogen-bond acceptors (Lipinski definition) is 8. The van der Waals surface area contributed by atoms with Crippen LogP contribution in [0.3, 0.4) is 0 Å².